The Morgan fingerprint density at radius 2 is 1.90 bits per heavy atom. The number of alkyl halides is 3. The molecular formula is C27H31F4N5O4S. The number of rotatable bonds is 8. The van der Waals surface area contributed by atoms with Gasteiger partial charge >= 0.3 is 6.18 Å². The highest BCUT2D eigenvalue weighted by atomic mass is 32.2. The molecule has 1 aliphatic heterocycles. The summed E-state index contributed by atoms with van der Waals surface area (Å²) in [6.45, 7) is 0.910. The van der Waals surface area contributed by atoms with Crippen molar-refractivity contribution in [1.29, 1.82) is 0 Å². The van der Waals surface area contributed by atoms with E-state index < -0.39 is 32.5 Å². The first kappa shape index (κ1) is 31.7. The van der Waals surface area contributed by atoms with E-state index in [2.05, 4.69) is 19.6 Å². The van der Waals surface area contributed by atoms with E-state index >= 15 is 4.39 Å². The van der Waals surface area contributed by atoms with Crippen molar-refractivity contribution in [3.05, 3.63) is 78.0 Å². The highest BCUT2D eigenvalue weighted by molar-refractivity contribution is 7.92. The molecule has 1 aromatic heterocycles. The molecule has 2 heterocycles. The molecule has 4 rings (SSSR count). The normalized spacial score (nSPS) is 17.5. The van der Waals surface area contributed by atoms with Crippen LogP contribution in [0.25, 0.3) is 0 Å². The first-order valence-corrected chi connectivity index (χ1v) is 14.0. The fourth-order valence-electron chi connectivity index (χ4n) is 4.85. The Bertz CT molecular complexity index is 1420. The number of anilines is 2. The van der Waals surface area contributed by atoms with Crippen LogP contribution in [0.2, 0.25) is 0 Å². The van der Waals surface area contributed by atoms with E-state index in [0.29, 0.717) is 37.2 Å². The zero-order chi connectivity index (χ0) is 30.3. The van der Waals surface area contributed by atoms with Crippen LogP contribution in [0.15, 0.2) is 66.0 Å². The summed E-state index contributed by atoms with van der Waals surface area (Å²) < 4.78 is 82.2. The molecule has 41 heavy (non-hydrogen) atoms. The SMILES string of the molecule is CN(C)[C@]1(CCc2cccc(C(F)(F)F)c2)CCCN(c2ccc(S(=O)(=O)Nc3ccncn3)c(F)c2)C1.O=CO. The minimum absolute atomic E-state index is 0.0241. The van der Waals surface area contributed by atoms with Crippen LogP contribution in [0.3, 0.4) is 0 Å². The molecule has 0 aliphatic carbocycles. The number of carbonyl (C=O) groups is 1. The van der Waals surface area contributed by atoms with Crippen LogP contribution in [0.1, 0.15) is 30.4 Å². The van der Waals surface area contributed by atoms with Gasteiger partial charge in [0.25, 0.3) is 16.5 Å². The van der Waals surface area contributed by atoms with Gasteiger partial charge in [0.15, 0.2) is 0 Å². The average Bonchev–Trinajstić information content (AvgIpc) is 2.92. The third-order valence-electron chi connectivity index (χ3n) is 7.03. The van der Waals surface area contributed by atoms with E-state index in [1.165, 1.54) is 42.9 Å². The summed E-state index contributed by atoms with van der Waals surface area (Å²) in [5.74, 6) is -0.870. The molecule has 222 valence electrons. The van der Waals surface area contributed by atoms with E-state index in [9.17, 15) is 21.6 Å². The molecule has 1 fully saturated rings. The van der Waals surface area contributed by atoms with E-state index in [1.54, 1.807) is 12.1 Å². The molecule has 0 amide bonds. The lowest BCUT2D eigenvalue weighted by Gasteiger charge is -2.48. The molecule has 1 atom stereocenters. The summed E-state index contributed by atoms with van der Waals surface area (Å²) in [6, 6.07) is 10.7. The molecule has 14 heteroatoms. The van der Waals surface area contributed by atoms with Crippen LogP contribution < -0.4 is 9.62 Å². The van der Waals surface area contributed by atoms with Gasteiger partial charge in [-0.3, -0.25) is 9.52 Å². The molecular weight excluding hydrogens is 566 g/mol. The zero-order valence-electron chi connectivity index (χ0n) is 22.5. The number of halogens is 4. The Balaban J connectivity index is 0.00000147. The van der Waals surface area contributed by atoms with Crippen molar-refractivity contribution in [3.63, 3.8) is 0 Å². The summed E-state index contributed by atoms with van der Waals surface area (Å²) in [5.41, 5.74) is 0.116. The van der Waals surface area contributed by atoms with Gasteiger partial charge in [-0.15, -0.1) is 0 Å². The maximum absolute atomic E-state index is 15.1. The van der Waals surface area contributed by atoms with Crippen LogP contribution in [0, 0.1) is 5.82 Å². The summed E-state index contributed by atoms with van der Waals surface area (Å²) >= 11 is 0. The fourth-order valence-corrected chi connectivity index (χ4v) is 5.92. The van der Waals surface area contributed by atoms with Crippen LogP contribution >= 0.6 is 0 Å². The minimum atomic E-state index is -4.40. The topological polar surface area (TPSA) is 116 Å². The maximum Gasteiger partial charge on any atom is 0.416 e. The summed E-state index contributed by atoms with van der Waals surface area (Å²) in [6.07, 6.45) is 0.824. The number of likely N-dealkylation sites (N-methyl/N-ethyl adjacent to an activating group) is 1. The fraction of sp³-hybridized carbons (Fsp3) is 0.370. The Morgan fingerprint density at radius 3 is 2.51 bits per heavy atom. The van der Waals surface area contributed by atoms with Crippen molar-refractivity contribution < 1.29 is 35.9 Å². The Kier molecular flexibility index (Phi) is 10.3. The molecule has 1 aliphatic rings. The van der Waals surface area contributed by atoms with Gasteiger partial charge in [-0.05, 0) is 75.7 Å². The number of nitrogens with zero attached hydrogens (tertiary/aromatic N) is 4. The first-order chi connectivity index (χ1) is 19.3. The molecule has 0 radical (unpaired) electrons. The Labute approximate surface area is 235 Å². The largest absolute Gasteiger partial charge is 0.483 e. The molecule has 0 bridgehead atoms. The molecule has 0 spiro atoms. The number of carboxylic acid groups (broad SMARTS) is 1. The first-order valence-electron chi connectivity index (χ1n) is 12.6. The molecule has 0 saturated carbocycles. The molecule has 0 unspecified atom stereocenters. The van der Waals surface area contributed by atoms with Gasteiger partial charge in [0.05, 0.1) is 5.56 Å². The van der Waals surface area contributed by atoms with Gasteiger partial charge in [-0.2, -0.15) is 13.2 Å². The average molecular weight is 598 g/mol. The lowest BCUT2D eigenvalue weighted by molar-refractivity contribution is -0.137. The number of nitrogens with one attached hydrogen (secondary N) is 1. The molecule has 3 aromatic rings. The number of sulfonamides is 1. The second kappa shape index (κ2) is 13.3. The minimum Gasteiger partial charge on any atom is -0.483 e. The Morgan fingerprint density at radius 1 is 1.17 bits per heavy atom. The van der Waals surface area contributed by atoms with Crippen LogP contribution in [0.4, 0.5) is 29.1 Å². The van der Waals surface area contributed by atoms with Gasteiger partial charge in [0, 0.05) is 30.5 Å². The van der Waals surface area contributed by atoms with Gasteiger partial charge in [0.2, 0.25) is 0 Å². The number of piperidine rings is 1. The smallest absolute Gasteiger partial charge is 0.416 e. The molecule has 2 aromatic carbocycles. The lowest BCUT2D eigenvalue weighted by atomic mass is 9.82. The quantitative estimate of drug-likeness (QED) is 0.285. The van der Waals surface area contributed by atoms with Crippen LogP contribution in [0.5, 0.6) is 0 Å². The Hall–Kier alpha value is -3.78. The van der Waals surface area contributed by atoms with Gasteiger partial charge < -0.3 is 14.9 Å². The van der Waals surface area contributed by atoms with Gasteiger partial charge in [-0.25, -0.2) is 22.8 Å². The summed E-state index contributed by atoms with van der Waals surface area (Å²) in [4.78, 5) is 19.5. The van der Waals surface area contributed by atoms with E-state index in [0.717, 1.165) is 18.9 Å². The second-order valence-corrected chi connectivity index (χ2v) is 11.4. The number of hydrogen-bond acceptors (Lipinski definition) is 7. The van der Waals surface area contributed by atoms with Crippen LogP contribution in [-0.2, 0) is 27.4 Å². The monoisotopic (exact) mass is 597 g/mol. The standard InChI is InChI=1S/C26H29F4N5O2S.CH2O2/c1-34(2)25(12-9-19-5-3-6-20(15-19)26(28,29)30)11-4-14-35(17-25)21-7-8-23(22(27)16-21)38(36,37)33-24-10-13-31-18-32-24;2-1-3/h3,5-8,10,13,15-16,18H,4,9,11-12,14,17H2,1-2H3,(H,31,32,33);1H,(H,2,3)/t25-;/m0./s1. The molecule has 1 saturated heterocycles. The number of aryl methyl sites for hydroxylation is 1. The van der Waals surface area contributed by atoms with Crippen molar-refractivity contribution in [2.45, 2.75) is 42.3 Å². The van der Waals surface area contributed by atoms with E-state index in [-0.39, 0.29) is 17.8 Å². The lowest BCUT2D eigenvalue weighted by Crippen LogP contribution is -2.56. The third-order valence-corrected chi connectivity index (χ3v) is 8.42. The zero-order valence-corrected chi connectivity index (χ0v) is 23.3. The van der Waals surface area contributed by atoms with Crippen LogP contribution in [-0.4, -0.2) is 67.6 Å². The predicted molar refractivity (Wildman–Crippen MR) is 146 cm³/mol. The highest BCUT2D eigenvalue weighted by Crippen LogP contribution is 2.35. The predicted octanol–water partition coefficient (Wildman–Crippen LogP) is 4.67. The van der Waals surface area contributed by atoms with E-state index in [1.807, 2.05) is 19.0 Å². The van der Waals surface area contributed by atoms with Crippen molar-refractivity contribution >= 4 is 28.0 Å². The second-order valence-electron chi connectivity index (χ2n) is 9.76. The van der Waals surface area contributed by atoms with Gasteiger partial charge in [0.1, 0.15) is 22.9 Å². The van der Waals surface area contributed by atoms with Crippen molar-refractivity contribution in [3.8, 4) is 0 Å². The summed E-state index contributed by atoms with van der Waals surface area (Å²) in [7, 11) is -0.333. The highest BCUT2D eigenvalue weighted by Gasteiger charge is 2.38. The summed E-state index contributed by atoms with van der Waals surface area (Å²) in [5, 5.41) is 6.89. The van der Waals surface area contributed by atoms with E-state index in [4.69, 9.17) is 9.90 Å². The van der Waals surface area contributed by atoms with Crippen molar-refractivity contribution in [2.75, 3.05) is 36.8 Å². The third kappa shape index (κ3) is 8.13. The number of aromatic nitrogens is 2. The number of benzene rings is 2. The maximum atomic E-state index is 15.1. The molecule has 9 nitrogen and oxygen atoms in total. The van der Waals surface area contributed by atoms with Gasteiger partial charge in [-0.1, -0.05) is 18.2 Å². The molecule has 2 N–H and O–H groups in total. The number of hydrogen-bond donors (Lipinski definition) is 2. The van der Waals surface area contributed by atoms with Crippen molar-refractivity contribution in [2.24, 2.45) is 0 Å². The van der Waals surface area contributed by atoms with Crippen molar-refractivity contribution in [1.82, 2.24) is 14.9 Å².